The molecule has 11 nitrogen and oxygen atoms in total. The largest absolute Gasteiger partial charge is 0.456 e. The zero-order valence-electron chi connectivity index (χ0n) is 22.7. The molecule has 0 bridgehead atoms. The third-order valence-corrected chi connectivity index (χ3v) is 9.10. The fraction of sp³-hybridized carbons (Fsp3) is 0.414. The molecule has 1 unspecified atom stereocenters. The van der Waals surface area contributed by atoms with Crippen molar-refractivity contribution < 1.29 is 37.6 Å². The van der Waals surface area contributed by atoms with Crippen molar-refractivity contribution in [3.63, 3.8) is 0 Å². The van der Waals surface area contributed by atoms with Gasteiger partial charge in [-0.25, -0.2) is 8.42 Å². The molecule has 0 spiro atoms. The van der Waals surface area contributed by atoms with Gasteiger partial charge in [0.25, 0.3) is 10.0 Å². The van der Waals surface area contributed by atoms with Gasteiger partial charge in [-0.15, -0.1) is 0 Å². The standard InChI is InChI=1S/C29H33N3O8S/c1-3-22-27(33)28(34)26(29(35)40-22)31-41(36,37)25(16-30)17(2)23-8-9-24(39-23)20-5-4-19-15-21(7-6-18(19)14-20)32-10-12-38-13-11-32/h4-9,14-15,22,26-29,31,33-35H,3,10-13H2,1-2H3/b25-17+/t22-,26-,27-,28-,29?/m1/s1. The molecule has 3 aromatic rings. The van der Waals surface area contributed by atoms with Crippen LogP contribution in [0.2, 0.25) is 0 Å². The smallest absolute Gasteiger partial charge is 0.251 e. The lowest BCUT2D eigenvalue weighted by Gasteiger charge is -2.40. The molecule has 3 heterocycles. The monoisotopic (exact) mass is 583 g/mol. The molecule has 0 saturated carbocycles. The number of nitrogens with one attached hydrogen (secondary N) is 1. The summed E-state index contributed by atoms with van der Waals surface area (Å²) in [6.07, 6.45) is -5.36. The summed E-state index contributed by atoms with van der Waals surface area (Å²) in [7, 11) is -4.55. The maximum atomic E-state index is 13.2. The van der Waals surface area contributed by atoms with E-state index in [-0.39, 0.29) is 11.3 Å². The first-order valence-corrected chi connectivity index (χ1v) is 14.9. The summed E-state index contributed by atoms with van der Waals surface area (Å²) < 4.78 is 45.1. The second-order valence-electron chi connectivity index (χ2n) is 10.2. The third kappa shape index (κ3) is 5.89. The van der Waals surface area contributed by atoms with Gasteiger partial charge in [0.1, 0.15) is 35.8 Å². The average Bonchev–Trinajstić information content (AvgIpc) is 3.48. The number of allylic oxidation sites excluding steroid dienone is 2. The molecule has 2 aliphatic rings. The van der Waals surface area contributed by atoms with Crippen LogP contribution in [0.15, 0.2) is 57.9 Å². The Hall–Kier alpha value is -3.28. The molecular formula is C29H33N3O8S. The fourth-order valence-corrected chi connectivity index (χ4v) is 6.56. The van der Waals surface area contributed by atoms with Crippen LogP contribution in [0.25, 0.3) is 27.7 Å². The van der Waals surface area contributed by atoms with Crippen molar-refractivity contribution in [2.24, 2.45) is 0 Å². The highest BCUT2D eigenvalue weighted by Crippen LogP contribution is 2.32. The van der Waals surface area contributed by atoms with Crippen LogP contribution in [-0.2, 0) is 19.5 Å². The third-order valence-electron chi connectivity index (χ3n) is 7.58. The van der Waals surface area contributed by atoms with Crippen LogP contribution < -0.4 is 9.62 Å². The minimum Gasteiger partial charge on any atom is -0.456 e. The van der Waals surface area contributed by atoms with Crippen molar-refractivity contribution in [1.82, 2.24) is 4.72 Å². The summed E-state index contributed by atoms with van der Waals surface area (Å²) in [5.41, 5.74) is 1.95. The van der Waals surface area contributed by atoms with Crippen molar-refractivity contribution in [2.45, 2.75) is 50.9 Å². The van der Waals surface area contributed by atoms with E-state index < -0.39 is 45.6 Å². The van der Waals surface area contributed by atoms with Crippen molar-refractivity contribution in [3.8, 4) is 17.4 Å². The Balaban J connectivity index is 1.38. The number of furan rings is 1. The van der Waals surface area contributed by atoms with E-state index in [0.717, 1.165) is 35.1 Å². The predicted octanol–water partition coefficient (Wildman–Crippen LogP) is 2.33. The van der Waals surface area contributed by atoms with E-state index in [4.69, 9.17) is 13.9 Å². The van der Waals surface area contributed by atoms with Gasteiger partial charge in [-0.2, -0.15) is 9.98 Å². The van der Waals surface area contributed by atoms with Crippen LogP contribution in [0.3, 0.4) is 0 Å². The molecule has 12 heteroatoms. The number of morpholine rings is 1. The van der Waals surface area contributed by atoms with Gasteiger partial charge >= 0.3 is 0 Å². The number of rotatable bonds is 7. The number of anilines is 1. The summed E-state index contributed by atoms with van der Waals surface area (Å²) in [4.78, 5) is 1.63. The zero-order chi connectivity index (χ0) is 29.3. The second-order valence-corrected chi connectivity index (χ2v) is 11.8. The van der Waals surface area contributed by atoms with Crippen molar-refractivity contribution in [1.29, 1.82) is 5.26 Å². The number of aliphatic hydroxyl groups excluding tert-OH is 3. The van der Waals surface area contributed by atoms with Crippen LogP contribution in [0, 0.1) is 11.3 Å². The topological polar surface area (TPSA) is 165 Å². The van der Waals surface area contributed by atoms with E-state index >= 15 is 0 Å². The SMILES string of the molecule is CC[C@H]1OC(O)[C@H](NS(=O)(=O)/C(C#N)=C(\C)c2ccc(-c3ccc4cc(N5CCOCC5)ccc4c3)o2)[C@@H](O)[C@@H]1O. The molecule has 4 N–H and O–H groups in total. The number of nitrogens with zero attached hydrogens (tertiary/aromatic N) is 2. The first-order chi connectivity index (χ1) is 19.6. The minimum atomic E-state index is -4.55. The Bertz CT molecular complexity index is 1590. The Kier molecular flexibility index (Phi) is 8.49. The Morgan fingerprint density at radius 2 is 1.76 bits per heavy atom. The summed E-state index contributed by atoms with van der Waals surface area (Å²) in [6, 6.07) is 15.5. The number of ether oxygens (including phenoxy) is 2. The van der Waals surface area contributed by atoms with E-state index in [0.29, 0.717) is 25.4 Å². The van der Waals surface area contributed by atoms with Gasteiger partial charge in [-0.3, -0.25) is 0 Å². The van der Waals surface area contributed by atoms with Crippen LogP contribution in [0.4, 0.5) is 5.69 Å². The number of nitriles is 1. The maximum absolute atomic E-state index is 13.2. The lowest BCUT2D eigenvalue weighted by atomic mass is 9.96. The molecule has 1 aromatic heterocycles. The second kappa shape index (κ2) is 11.9. The van der Waals surface area contributed by atoms with Crippen molar-refractivity contribution >= 4 is 32.1 Å². The zero-order valence-corrected chi connectivity index (χ0v) is 23.5. The van der Waals surface area contributed by atoms with Gasteiger partial charge in [-0.05, 0) is 54.4 Å². The van der Waals surface area contributed by atoms with Gasteiger partial charge < -0.3 is 34.1 Å². The normalized spacial score (nSPS) is 26.0. The summed E-state index contributed by atoms with van der Waals surface area (Å²) in [6.45, 7) is 6.22. The van der Waals surface area contributed by atoms with Crippen LogP contribution in [-0.4, -0.2) is 80.7 Å². The highest BCUT2D eigenvalue weighted by molar-refractivity contribution is 7.93. The lowest BCUT2D eigenvalue weighted by Crippen LogP contribution is -2.63. The van der Waals surface area contributed by atoms with Gasteiger partial charge in [0, 0.05) is 29.9 Å². The first kappa shape index (κ1) is 29.2. The number of hydrogen-bond donors (Lipinski definition) is 4. The molecule has 2 aliphatic heterocycles. The van der Waals surface area contributed by atoms with Crippen LogP contribution in [0.5, 0.6) is 0 Å². The lowest BCUT2D eigenvalue weighted by molar-refractivity contribution is -0.244. The first-order valence-electron chi connectivity index (χ1n) is 13.4. The molecular weight excluding hydrogens is 550 g/mol. The fourth-order valence-electron chi connectivity index (χ4n) is 5.21. The molecule has 218 valence electrons. The van der Waals surface area contributed by atoms with Gasteiger partial charge in [0.15, 0.2) is 11.2 Å². The molecule has 0 amide bonds. The number of hydrogen-bond acceptors (Lipinski definition) is 10. The summed E-state index contributed by atoms with van der Waals surface area (Å²) in [5.74, 6) is 0.651. The Morgan fingerprint density at radius 1 is 1.05 bits per heavy atom. The molecule has 41 heavy (non-hydrogen) atoms. The van der Waals surface area contributed by atoms with Gasteiger partial charge in [0.2, 0.25) is 0 Å². The molecule has 2 fully saturated rings. The van der Waals surface area contributed by atoms with Crippen molar-refractivity contribution in [3.05, 3.63) is 59.2 Å². The Labute approximate surface area is 238 Å². The Morgan fingerprint density at radius 3 is 2.46 bits per heavy atom. The molecule has 5 rings (SSSR count). The molecule has 0 aliphatic carbocycles. The summed E-state index contributed by atoms with van der Waals surface area (Å²) >= 11 is 0. The van der Waals surface area contributed by atoms with E-state index in [9.17, 15) is 29.0 Å². The van der Waals surface area contributed by atoms with Crippen LogP contribution in [0.1, 0.15) is 26.0 Å². The van der Waals surface area contributed by atoms with E-state index in [1.54, 1.807) is 25.1 Å². The highest BCUT2D eigenvalue weighted by Gasteiger charge is 2.45. The number of sulfonamides is 1. The minimum absolute atomic E-state index is 0.0369. The molecule has 0 radical (unpaired) electrons. The maximum Gasteiger partial charge on any atom is 0.251 e. The number of fused-ring (bicyclic) bond motifs is 1. The van der Waals surface area contributed by atoms with E-state index in [2.05, 4.69) is 21.8 Å². The van der Waals surface area contributed by atoms with Gasteiger partial charge in [-0.1, -0.05) is 25.1 Å². The average molecular weight is 584 g/mol. The van der Waals surface area contributed by atoms with E-state index in [1.165, 1.54) is 6.92 Å². The van der Waals surface area contributed by atoms with Gasteiger partial charge in [0.05, 0.1) is 19.3 Å². The highest BCUT2D eigenvalue weighted by atomic mass is 32.2. The quantitative estimate of drug-likeness (QED) is 0.303. The molecule has 5 atom stereocenters. The van der Waals surface area contributed by atoms with Crippen LogP contribution >= 0.6 is 0 Å². The molecule has 2 aromatic carbocycles. The number of aliphatic hydroxyl groups is 3. The number of benzene rings is 2. The van der Waals surface area contributed by atoms with E-state index in [1.807, 2.05) is 24.3 Å². The predicted molar refractivity (Wildman–Crippen MR) is 152 cm³/mol. The molecule has 2 saturated heterocycles. The van der Waals surface area contributed by atoms with Crippen molar-refractivity contribution in [2.75, 3.05) is 31.2 Å². The summed E-state index contributed by atoms with van der Waals surface area (Å²) in [5, 5.41) is 42.8.